The molecule has 0 atom stereocenters. The number of hydrogen-bond donors (Lipinski definition) is 1. The van der Waals surface area contributed by atoms with Gasteiger partial charge in [0.25, 0.3) is 0 Å². The maximum atomic E-state index is 3.75. The van der Waals surface area contributed by atoms with E-state index in [-0.39, 0.29) is 0 Å². The van der Waals surface area contributed by atoms with Gasteiger partial charge in [0, 0.05) is 12.1 Å². The predicted molar refractivity (Wildman–Crippen MR) is 66.0 cm³/mol. The zero-order valence-corrected chi connectivity index (χ0v) is 10.7. The van der Waals surface area contributed by atoms with Gasteiger partial charge in [-0.05, 0) is 57.8 Å². The van der Waals surface area contributed by atoms with Crippen LogP contribution in [0.3, 0.4) is 0 Å². The fraction of sp³-hybridized carbons (Fsp3) is 1.00. The molecule has 88 valence electrons. The summed E-state index contributed by atoms with van der Waals surface area (Å²) in [6.45, 7) is 8.13. The smallest absolute Gasteiger partial charge is 0.00967 e. The lowest BCUT2D eigenvalue weighted by Gasteiger charge is -2.40. The van der Waals surface area contributed by atoms with Crippen molar-refractivity contribution in [1.82, 2.24) is 5.32 Å². The fourth-order valence-electron chi connectivity index (χ4n) is 3.12. The van der Waals surface area contributed by atoms with E-state index in [4.69, 9.17) is 0 Å². The zero-order chi connectivity index (χ0) is 10.9. The van der Waals surface area contributed by atoms with Gasteiger partial charge in [0.05, 0.1) is 0 Å². The normalized spacial score (nSPS) is 26.6. The molecule has 1 heteroatoms. The van der Waals surface area contributed by atoms with Gasteiger partial charge < -0.3 is 5.32 Å². The Balaban J connectivity index is 1.93. The Hall–Kier alpha value is -0.0400. The molecule has 0 aromatic carbocycles. The Morgan fingerprint density at radius 3 is 2.13 bits per heavy atom. The average molecular weight is 209 g/mol. The SMILES string of the molecule is CC(C)(C)NCC1(C2CC2)CCCCC1. The minimum absolute atomic E-state index is 0.291. The summed E-state index contributed by atoms with van der Waals surface area (Å²) in [5.74, 6) is 1.06. The molecule has 0 aliphatic heterocycles. The van der Waals surface area contributed by atoms with Crippen molar-refractivity contribution in [3.05, 3.63) is 0 Å². The predicted octanol–water partition coefficient (Wildman–Crippen LogP) is 3.74. The lowest BCUT2D eigenvalue weighted by atomic mass is 9.70. The summed E-state index contributed by atoms with van der Waals surface area (Å²) in [7, 11) is 0. The second-order valence-electron chi connectivity index (χ2n) is 6.80. The van der Waals surface area contributed by atoms with Gasteiger partial charge in [-0.3, -0.25) is 0 Å². The van der Waals surface area contributed by atoms with E-state index in [2.05, 4.69) is 26.1 Å². The van der Waals surface area contributed by atoms with E-state index in [9.17, 15) is 0 Å². The van der Waals surface area contributed by atoms with Gasteiger partial charge in [-0.2, -0.15) is 0 Å². The molecule has 0 saturated heterocycles. The van der Waals surface area contributed by atoms with E-state index >= 15 is 0 Å². The maximum Gasteiger partial charge on any atom is 0.00967 e. The summed E-state index contributed by atoms with van der Waals surface area (Å²) in [4.78, 5) is 0. The molecule has 1 N–H and O–H groups in total. The summed E-state index contributed by atoms with van der Waals surface area (Å²) < 4.78 is 0. The highest BCUT2D eigenvalue weighted by atomic mass is 15.0. The molecule has 0 bridgehead atoms. The number of nitrogens with one attached hydrogen (secondary N) is 1. The molecular weight excluding hydrogens is 182 g/mol. The van der Waals surface area contributed by atoms with Crippen LogP contribution in [-0.2, 0) is 0 Å². The largest absolute Gasteiger partial charge is 0.312 e. The Bertz CT molecular complexity index is 204. The number of rotatable bonds is 3. The molecule has 0 radical (unpaired) electrons. The summed E-state index contributed by atoms with van der Waals surface area (Å²) >= 11 is 0. The van der Waals surface area contributed by atoms with Crippen LogP contribution in [0.5, 0.6) is 0 Å². The van der Waals surface area contributed by atoms with Crippen LogP contribution in [-0.4, -0.2) is 12.1 Å². The fourth-order valence-corrected chi connectivity index (χ4v) is 3.12. The first-order valence-corrected chi connectivity index (χ1v) is 6.77. The summed E-state index contributed by atoms with van der Waals surface area (Å²) in [6.07, 6.45) is 10.4. The standard InChI is InChI=1S/C14H27N/c1-13(2,3)15-11-14(12-7-8-12)9-5-4-6-10-14/h12,15H,4-11H2,1-3H3. The number of hydrogen-bond acceptors (Lipinski definition) is 1. The second kappa shape index (κ2) is 4.08. The van der Waals surface area contributed by atoms with E-state index in [0.717, 1.165) is 5.92 Å². The topological polar surface area (TPSA) is 12.0 Å². The summed E-state index contributed by atoms with van der Waals surface area (Å²) in [5.41, 5.74) is 0.977. The highest BCUT2D eigenvalue weighted by Crippen LogP contribution is 2.53. The third-order valence-corrected chi connectivity index (χ3v) is 4.26. The second-order valence-corrected chi connectivity index (χ2v) is 6.80. The van der Waals surface area contributed by atoms with Crippen LogP contribution in [0.25, 0.3) is 0 Å². The summed E-state index contributed by atoms with van der Waals surface area (Å²) in [6, 6.07) is 0. The molecule has 2 fully saturated rings. The molecule has 0 amide bonds. The minimum atomic E-state index is 0.291. The zero-order valence-electron chi connectivity index (χ0n) is 10.7. The van der Waals surface area contributed by atoms with E-state index in [1.807, 2.05) is 0 Å². The molecule has 0 spiro atoms. The molecule has 2 aliphatic carbocycles. The molecule has 2 rings (SSSR count). The Morgan fingerprint density at radius 2 is 1.67 bits per heavy atom. The monoisotopic (exact) mass is 209 g/mol. The highest BCUT2D eigenvalue weighted by Gasteiger charge is 2.45. The highest BCUT2D eigenvalue weighted by molar-refractivity contribution is 4.97. The molecule has 1 nitrogen and oxygen atoms in total. The van der Waals surface area contributed by atoms with Crippen molar-refractivity contribution in [1.29, 1.82) is 0 Å². The van der Waals surface area contributed by atoms with Crippen LogP contribution in [0.4, 0.5) is 0 Å². The molecule has 15 heavy (non-hydrogen) atoms. The van der Waals surface area contributed by atoms with Crippen molar-refractivity contribution in [2.75, 3.05) is 6.54 Å². The van der Waals surface area contributed by atoms with Gasteiger partial charge in [-0.15, -0.1) is 0 Å². The summed E-state index contributed by atoms with van der Waals surface area (Å²) in [5, 5.41) is 3.75. The molecular formula is C14H27N. The maximum absolute atomic E-state index is 3.75. The van der Waals surface area contributed by atoms with Crippen molar-refractivity contribution < 1.29 is 0 Å². The molecule has 2 aliphatic rings. The lowest BCUT2D eigenvalue weighted by Crippen LogP contribution is -2.45. The van der Waals surface area contributed by atoms with Gasteiger partial charge in [-0.25, -0.2) is 0 Å². The van der Waals surface area contributed by atoms with Gasteiger partial charge in [-0.1, -0.05) is 19.3 Å². The Morgan fingerprint density at radius 1 is 1.07 bits per heavy atom. The Labute approximate surface area is 95.0 Å². The van der Waals surface area contributed by atoms with Crippen LogP contribution < -0.4 is 5.32 Å². The first kappa shape index (κ1) is 11.4. The van der Waals surface area contributed by atoms with Gasteiger partial charge in [0.1, 0.15) is 0 Å². The van der Waals surface area contributed by atoms with Crippen molar-refractivity contribution in [2.24, 2.45) is 11.3 Å². The van der Waals surface area contributed by atoms with Crippen LogP contribution in [0.15, 0.2) is 0 Å². The van der Waals surface area contributed by atoms with Gasteiger partial charge in [0.2, 0.25) is 0 Å². The van der Waals surface area contributed by atoms with Crippen LogP contribution in [0.2, 0.25) is 0 Å². The van der Waals surface area contributed by atoms with Gasteiger partial charge in [0.15, 0.2) is 0 Å². The minimum Gasteiger partial charge on any atom is -0.312 e. The van der Waals surface area contributed by atoms with Crippen LogP contribution in [0.1, 0.15) is 65.7 Å². The van der Waals surface area contributed by atoms with Crippen LogP contribution in [0, 0.1) is 11.3 Å². The van der Waals surface area contributed by atoms with Crippen molar-refractivity contribution >= 4 is 0 Å². The first-order valence-electron chi connectivity index (χ1n) is 6.77. The molecule has 0 aromatic rings. The van der Waals surface area contributed by atoms with Crippen LogP contribution >= 0.6 is 0 Å². The van der Waals surface area contributed by atoms with E-state index < -0.39 is 0 Å². The quantitative estimate of drug-likeness (QED) is 0.746. The third-order valence-electron chi connectivity index (χ3n) is 4.26. The molecule has 0 aromatic heterocycles. The van der Waals surface area contributed by atoms with Crippen molar-refractivity contribution in [3.63, 3.8) is 0 Å². The Kier molecular flexibility index (Phi) is 3.12. The lowest BCUT2D eigenvalue weighted by molar-refractivity contribution is 0.136. The third kappa shape index (κ3) is 2.96. The average Bonchev–Trinajstić information content (AvgIpc) is 2.99. The molecule has 0 unspecified atom stereocenters. The molecule has 2 saturated carbocycles. The van der Waals surface area contributed by atoms with E-state index in [1.54, 1.807) is 0 Å². The first-order chi connectivity index (χ1) is 7.02. The van der Waals surface area contributed by atoms with Crippen molar-refractivity contribution in [3.8, 4) is 0 Å². The van der Waals surface area contributed by atoms with E-state index in [0.29, 0.717) is 11.0 Å². The van der Waals surface area contributed by atoms with Gasteiger partial charge >= 0.3 is 0 Å². The molecule has 0 heterocycles. The van der Waals surface area contributed by atoms with E-state index in [1.165, 1.54) is 51.5 Å². The van der Waals surface area contributed by atoms with Crippen molar-refractivity contribution in [2.45, 2.75) is 71.3 Å².